The first-order valence-electron chi connectivity index (χ1n) is 14.5. The summed E-state index contributed by atoms with van der Waals surface area (Å²) in [5, 5.41) is 31.3. The Morgan fingerprint density at radius 1 is 1.11 bits per heavy atom. The molecule has 0 saturated heterocycles. The van der Waals surface area contributed by atoms with Crippen LogP contribution in [0.25, 0.3) is 16.6 Å². The average Bonchev–Trinajstić information content (AvgIpc) is 3.41. The van der Waals surface area contributed by atoms with Gasteiger partial charge in [-0.3, -0.25) is 4.79 Å². The highest BCUT2D eigenvalue weighted by Crippen LogP contribution is 2.44. The van der Waals surface area contributed by atoms with Crippen molar-refractivity contribution in [3.8, 4) is 11.4 Å². The summed E-state index contributed by atoms with van der Waals surface area (Å²) in [6.45, 7) is 5.79. The summed E-state index contributed by atoms with van der Waals surface area (Å²) in [7, 11) is 1.34. The number of aromatic nitrogens is 2. The molecule has 1 heterocycles. The molecule has 3 aromatic carbocycles. The zero-order valence-corrected chi connectivity index (χ0v) is 25.8. The summed E-state index contributed by atoms with van der Waals surface area (Å²) in [5.41, 5.74) is -1.84. The lowest BCUT2D eigenvalue weighted by atomic mass is 9.74. The predicted octanol–water partition coefficient (Wildman–Crippen LogP) is 6.06. The largest absolute Gasteiger partial charge is 0.496 e. The second-order valence-electron chi connectivity index (χ2n) is 11.9. The second kappa shape index (κ2) is 13.1. The Morgan fingerprint density at radius 2 is 1.84 bits per heavy atom. The fourth-order valence-electron chi connectivity index (χ4n) is 5.39. The first kappa shape index (κ1) is 33.7. The molecular weight excluding hydrogens is 592 g/mol. The summed E-state index contributed by atoms with van der Waals surface area (Å²) in [4.78, 5) is 12.7. The number of alkyl halides is 3. The SMILES string of the molecule is CCC(O)CNC(=O)c1cccc(-n2ncc3c(NCC(O)(CC(C)(C)c4cc(F)ccc4OC)C(F)(F)F)cc(C)cc32)c1. The van der Waals surface area contributed by atoms with Gasteiger partial charge in [0.2, 0.25) is 0 Å². The van der Waals surface area contributed by atoms with Crippen molar-refractivity contribution >= 4 is 22.5 Å². The van der Waals surface area contributed by atoms with Gasteiger partial charge in [-0.25, -0.2) is 9.07 Å². The Balaban J connectivity index is 1.64. The number of fused-ring (bicyclic) bond motifs is 1. The van der Waals surface area contributed by atoms with Crippen molar-refractivity contribution in [2.45, 2.75) is 63.8 Å². The Bertz CT molecular complexity index is 1670. The molecule has 0 saturated carbocycles. The molecule has 0 radical (unpaired) electrons. The molecule has 0 bridgehead atoms. The number of amides is 1. The third-order valence-corrected chi connectivity index (χ3v) is 7.88. The molecule has 242 valence electrons. The number of aryl methyl sites for hydroxylation is 1. The van der Waals surface area contributed by atoms with Gasteiger partial charge in [-0.2, -0.15) is 18.3 Å². The Kier molecular flexibility index (Phi) is 9.79. The molecule has 8 nitrogen and oxygen atoms in total. The van der Waals surface area contributed by atoms with Crippen molar-refractivity contribution in [3.05, 3.63) is 83.3 Å². The number of anilines is 1. The van der Waals surface area contributed by atoms with Crippen molar-refractivity contribution in [1.82, 2.24) is 15.1 Å². The zero-order valence-electron chi connectivity index (χ0n) is 25.8. The van der Waals surface area contributed by atoms with Gasteiger partial charge in [-0.1, -0.05) is 26.8 Å². The number of halogens is 4. The van der Waals surface area contributed by atoms with Gasteiger partial charge in [-0.05, 0) is 79.3 Å². The molecule has 4 rings (SSSR count). The van der Waals surface area contributed by atoms with Gasteiger partial charge in [-0.15, -0.1) is 0 Å². The molecule has 2 unspecified atom stereocenters. The highest BCUT2D eigenvalue weighted by atomic mass is 19.4. The van der Waals surface area contributed by atoms with Crippen LogP contribution in [0.4, 0.5) is 23.2 Å². The van der Waals surface area contributed by atoms with E-state index in [0.29, 0.717) is 34.3 Å². The fraction of sp³-hybridized carbons (Fsp3) is 0.394. The lowest BCUT2D eigenvalue weighted by Gasteiger charge is -2.38. The van der Waals surface area contributed by atoms with Crippen LogP contribution < -0.4 is 15.4 Å². The normalized spacial score (nSPS) is 14.2. The van der Waals surface area contributed by atoms with Crippen molar-refractivity contribution in [2.24, 2.45) is 0 Å². The summed E-state index contributed by atoms with van der Waals surface area (Å²) in [6, 6.07) is 13.8. The van der Waals surface area contributed by atoms with E-state index in [4.69, 9.17) is 4.74 Å². The summed E-state index contributed by atoms with van der Waals surface area (Å²) in [6.07, 6.45) is -4.48. The number of rotatable bonds is 12. The molecule has 12 heteroatoms. The van der Waals surface area contributed by atoms with E-state index in [2.05, 4.69) is 15.7 Å². The lowest BCUT2D eigenvalue weighted by molar-refractivity contribution is -0.260. The minimum Gasteiger partial charge on any atom is -0.496 e. The number of ether oxygens (including phenoxy) is 1. The predicted molar refractivity (Wildman–Crippen MR) is 165 cm³/mol. The van der Waals surface area contributed by atoms with Crippen molar-refractivity contribution in [1.29, 1.82) is 0 Å². The van der Waals surface area contributed by atoms with E-state index in [1.165, 1.54) is 33.2 Å². The average molecular weight is 631 g/mol. The van der Waals surface area contributed by atoms with Crippen LogP contribution in [0.3, 0.4) is 0 Å². The Morgan fingerprint density at radius 3 is 2.51 bits per heavy atom. The number of hydrogen-bond donors (Lipinski definition) is 4. The van der Waals surface area contributed by atoms with Gasteiger partial charge >= 0.3 is 6.18 Å². The first-order chi connectivity index (χ1) is 21.1. The monoisotopic (exact) mass is 630 g/mol. The number of nitrogens with zero attached hydrogens (tertiary/aromatic N) is 2. The third-order valence-electron chi connectivity index (χ3n) is 7.88. The topological polar surface area (TPSA) is 109 Å². The molecule has 0 aliphatic carbocycles. The van der Waals surface area contributed by atoms with E-state index >= 15 is 0 Å². The standard InChI is InChI=1S/C33H38F4N4O4/c1-6-24(42)16-38-30(43)21-8-7-9-23(14-21)41-28-13-20(2)12-27(25(28)17-40-41)39-19-32(44,33(35,36)37)18-31(3,4)26-15-22(34)10-11-29(26)45-5/h7-15,17,24,39,42,44H,6,16,18-19H2,1-5H3,(H,38,43). The first-order valence-corrected chi connectivity index (χ1v) is 14.5. The number of hydrogen-bond acceptors (Lipinski definition) is 6. The van der Waals surface area contributed by atoms with Crippen molar-refractivity contribution in [2.75, 3.05) is 25.5 Å². The molecular formula is C33H38F4N4O4. The van der Waals surface area contributed by atoms with Crippen molar-refractivity contribution < 1.29 is 37.3 Å². The van der Waals surface area contributed by atoms with Crippen LogP contribution in [0.5, 0.6) is 5.75 Å². The van der Waals surface area contributed by atoms with E-state index in [0.717, 1.165) is 17.7 Å². The molecule has 0 spiro atoms. The van der Waals surface area contributed by atoms with Gasteiger partial charge in [0, 0.05) is 28.7 Å². The molecule has 4 N–H and O–H groups in total. The molecule has 1 aromatic heterocycles. The van der Waals surface area contributed by atoms with Crippen LogP contribution in [0.2, 0.25) is 0 Å². The van der Waals surface area contributed by atoms with Gasteiger partial charge in [0.15, 0.2) is 5.60 Å². The summed E-state index contributed by atoms with van der Waals surface area (Å²) < 4.78 is 64.4. The summed E-state index contributed by atoms with van der Waals surface area (Å²) >= 11 is 0. The van der Waals surface area contributed by atoms with Crippen LogP contribution in [-0.4, -0.2) is 64.0 Å². The lowest BCUT2D eigenvalue weighted by Crippen LogP contribution is -2.53. The molecule has 1 amide bonds. The quantitative estimate of drug-likeness (QED) is 0.142. The van der Waals surface area contributed by atoms with Gasteiger partial charge in [0.25, 0.3) is 5.91 Å². The minimum absolute atomic E-state index is 0.107. The Labute approximate surface area is 259 Å². The number of nitrogens with one attached hydrogen (secondary N) is 2. The number of benzene rings is 3. The maximum atomic E-state index is 14.5. The van der Waals surface area contributed by atoms with Gasteiger partial charge in [0.05, 0.1) is 37.2 Å². The van der Waals surface area contributed by atoms with Crippen LogP contribution in [0.1, 0.15) is 55.1 Å². The smallest absolute Gasteiger partial charge is 0.418 e. The molecule has 4 aromatic rings. The van der Waals surface area contributed by atoms with Crippen LogP contribution in [0.15, 0.2) is 60.8 Å². The third kappa shape index (κ3) is 7.39. The van der Waals surface area contributed by atoms with Crippen LogP contribution in [0, 0.1) is 12.7 Å². The number of aliphatic hydroxyl groups is 2. The molecule has 0 aliphatic rings. The zero-order chi connectivity index (χ0) is 33.2. The molecule has 0 fully saturated rings. The van der Waals surface area contributed by atoms with E-state index in [-0.39, 0.29) is 23.8 Å². The van der Waals surface area contributed by atoms with Gasteiger partial charge in [0.1, 0.15) is 11.6 Å². The van der Waals surface area contributed by atoms with Crippen LogP contribution >= 0.6 is 0 Å². The van der Waals surface area contributed by atoms with Gasteiger partial charge < -0.3 is 25.6 Å². The second-order valence-corrected chi connectivity index (χ2v) is 11.9. The number of aliphatic hydroxyl groups excluding tert-OH is 1. The van der Waals surface area contributed by atoms with E-state index in [1.807, 2.05) is 6.07 Å². The fourth-order valence-corrected chi connectivity index (χ4v) is 5.39. The van der Waals surface area contributed by atoms with Crippen LogP contribution in [-0.2, 0) is 5.41 Å². The number of carbonyl (C=O) groups is 1. The summed E-state index contributed by atoms with van der Waals surface area (Å²) in [5.74, 6) is -0.787. The highest BCUT2D eigenvalue weighted by molar-refractivity contribution is 5.96. The molecule has 0 aliphatic heterocycles. The number of methoxy groups -OCH3 is 1. The van der Waals surface area contributed by atoms with E-state index in [9.17, 15) is 32.6 Å². The Hall–Kier alpha value is -4.16. The maximum absolute atomic E-state index is 14.5. The maximum Gasteiger partial charge on any atom is 0.418 e. The van der Waals surface area contributed by atoms with E-state index in [1.54, 1.807) is 48.9 Å². The molecule has 45 heavy (non-hydrogen) atoms. The van der Waals surface area contributed by atoms with Crippen molar-refractivity contribution in [3.63, 3.8) is 0 Å². The minimum atomic E-state index is -5.03. The van der Waals surface area contributed by atoms with E-state index < -0.39 is 42.1 Å². The molecule has 2 atom stereocenters. The number of carbonyl (C=O) groups excluding carboxylic acids is 1. The highest BCUT2D eigenvalue weighted by Gasteiger charge is 2.56.